The maximum absolute atomic E-state index is 12.3. The lowest BCUT2D eigenvalue weighted by Gasteiger charge is -2.26. The van der Waals surface area contributed by atoms with Crippen LogP contribution in [0.5, 0.6) is 5.75 Å². The van der Waals surface area contributed by atoms with Crippen molar-refractivity contribution >= 4 is 45.3 Å². The van der Waals surface area contributed by atoms with Crippen molar-refractivity contribution in [2.24, 2.45) is 5.10 Å². The van der Waals surface area contributed by atoms with Gasteiger partial charge in [-0.3, -0.25) is 4.90 Å². The molecule has 0 bridgehead atoms. The minimum absolute atomic E-state index is 0.263. The quantitative estimate of drug-likeness (QED) is 0.130. The molecule has 0 aliphatic carbocycles. The topological polar surface area (TPSA) is 124 Å². The summed E-state index contributed by atoms with van der Waals surface area (Å²) in [7, 11) is 0. The highest BCUT2D eigenvalue weighted by molar-refractivity contribution is 7.17. The van der Waals surface area contributed by atoms with Crippen molar-refractivity contribution in [3.05, 3.63) is 64.5 Å². The average Bonchev–Trinajstić information content (AvgIpc) is 3.44. The zero-order valence-corrected chi connectivity index (χ0v) is 23.4. The van der Waals surface area contributed by atoms with E-state index in [1.165, 1.54) is 6.21 Å². The summed E-state index contributed by atoms with van der Waals surface area (Å²) < 4.78 is 6.47. The highest BCUT2D eigenvalue weighted by atomic mass is 32.1. The fourth-order valence-corrected chi connectivity index (χ4v) is 5.33. The first kappa shape index (κ1) is 27.5. The average molecular weight is 560 g/mol. The lowest BCUT2D eigenvalue weighted by atomic mass is 10.1. The van der Waals surface area contributed by atoms with Gasteiger partial charge < -0.3 is 20.5 Å². The Labute approximate surface area is 237 Å². The van der Waals surface area contributed by atoms with Crippen LogP contribution in [-0.4, -0.2) is 71.6 Å². The summed E-state index contributed by atoms with van der Waals surface area (Å²) in [5.41, 5.74) is 7.12. The Morgan fingerprint density at radius 1 is 1.12 bits per heavy atom. The van der Waals surface area contributed by atoms with Gasteiger partial charge in [0, 0.05) is 30.9 Å². The molecule has 5 rings (SSSR count). The summed E-state index contributed by atoms with van der Waals surface area (Å²) in [6.07, 6.45) is 2.56. The van der Waals surface area contributed by atoms with Crippen molar-refractivity contribution in [2.45, 2.75) is 20.3 Å². The minimum atomic E-state index is -0.462. The van der Waals surface area contributed by atoms with Crippen LogP contribution in [0.25, 0.3) is 21.6 Å². The Balaban J connectivity index is 1.18. The number of rotatable bonds is 9. The third kappa shape index (κ3) is 6.92. The molecular formula is C29H33N7O3S. The number of carbonyl (C=O) groups is 1. The van der Waals surface area contributed by atoms with Crippen LogP contribution in [0.2, 0.25) is 0 Å². The van der Waals surface area contributed by atoms with Crippen LogP contribution in [0.4, 0.5) is 16.3 Å². The lowest BCUT2D eigenvalue weighted by Crippen LogP contribution is -2.37. The standard InChI is InChI=1S/C29H33N7O3S/c1-19-16-21(17-20(2)25(19)37)18-31-35-29(38)32-23-6-4-22(5-7-23)27-33-24-8-15-40-26(24)28(34-27)30-9-3-10-36-11-13-39-14-12-36/h4-8,15-18,37H,3,9-14H2,1-2H3,(H,30,33,34)(H2,32,35,38)/b31-18+. The van der Waals surface area contributed by atoms with Crippen LogP contribution in [-0.2, 0) is 4.74 Å². The van der Waals surface area contributed by atoms with Gasteiger partial charge in [-0.1, -0.05) is 0 Å². The van der Waals surface area contributed by atoms with Crippen molar-refractivity contribution in [2.75, 3.05) is 50.0 Å². The first-order valence-corrected chi connectivity index (χ1v) is 14.1. The third-order valence-electron chi connectivity index (χ3n) is 6.64. The molecule has 1 fully saturated rings. The van der Waals surface area contributed by atoms with Gasteiger partial charge in [-0.05, 0) is 91.3 Å². The second-order valence-electron chi connectivity index (χ2n) is 9.67. The minimum Gasteiger partial charge on any atom is -0.507 e. The zero-order valence-electron chi connectivity index (χ0n) is 22.6. The van der Waals surface area contributed by atoms with Crippen molar-refractivity contribution in [3.63, 3.8) is 0 Å². The fraction of sp³-hybridized carbons (Fsp3) is 0.310. The van der Waals surface area contributed by atoms with Gasteiger partial charge in [0.25, 0.3) is 0 Å². The van der Waals surface area contributed by atoms with E-state index in [0.717, 1.165) is 84.1 Å². The number of aromatic nitrogens is 2. The molecule has 4 N–H and O–H groups in total. The number of aromatic hydroxyl groups is 1. The van der Waals surface area contributed by atoms with Gasteiger partial charge >= 0.3 is 6.03 Å². The highest BCUT2D eigenvalue weighted by Crippen LogP contribution is 2.29. The monoisotopic (exact) mass is 559 g/mol. The van der Waals surface area contributed by atoms with E-state index in [1.807, 2.05) is 49.6 Å². The molecule has 0 unspecified atom stereocenters. The van der Waals surface area contributed by atoms with E-state index in [4.69, 9.17) is 14.7 Å². The number of phenolic OH excluding ortho intramolecular Hbond substituents is 1. The molecule has 0 saturated carbocycles. The van der Waals surface area contributed by atoms with Crippen LogP contribution >= 0.6 is 11.3 Å². The number of nitrogens with one attached hydrogen (secondary N) is 3. The zero-order chi connectivity index (χ0) is 27.9. The summed E-state index contributed by atoms with van der Waals surface area (Å²) in [5, 5.41) is 22.2. The van der Waals surface area contributed by atoms with Crippen LogP contribution < -0.4 is 16.1 Å². The number of hydrogen-bond acceptors (Lipinski definition) is 9. The van der Waals surface area contributed by atoms with E-state index in [9.17, 15) is 9.90 Å². The molecule has 2 aromatic carbocycles. The third-order valence-corrected chi connectivity index (χ3v) is 7.56. The molecule has 0 spiro atoms. The number of amides is 2. The molecule has 0 radical (unpaired) electrons. The van der Waals surface area contributed by atoms with Gasteiger partial charge in [0.15, 0.2) is 5.82 Å². The maximum atomic E-state index is 12.3. The Kier molecular flexibility index (Phi) is 8.84. The number of thiophene rings is 1. The number of hydrogen-bond donors (Lipinski definition) is 4. The molecule has 1 aliphatic heterocycles. The molecule has 4 aromatic rings. The largest absolute Gasteiger partial charge is 0.507 e. The van der Waals surface area contributed by atoms with E-state index in [2.05, 4.69) is 26.1 Å². The first-order chi connectivity index (χ1) is 19.5. The number of anilines is 2. The number of carbonyl (C=O) groups excluding carboxylic acids is 1. The van der Waals surface area contributed by atoms with Gasteiger partial charge in [-0.15, -0.1) is 11.3 Å². The smallest absolute Gasteiger partial charge is 0.339 e. The van der Waals surface area contributed by atoms with Gasteiger partial charge in [-0.25, -0.2) is 20.2 Å². The number of urea groups is 1. The van der Waals surface area contributed by atoms with E-state index < -0.39 is 6.03 Å². The van der Waals surface area contributed by atoms with Gasteiger partial charge in [0.05, 0.1) is 29.6 Å². The van der Waals surface area contributed by atoms with Gasteiger partial charge in [0.2, 0.25) is 0 Å². The number of nitrogens with zero attached hydrogens (tertiary/aromatic N) is 4. The molecular weight excluding hydrogens is 526 g/mol. The number of hydrazone groups is 1. The summed E-state index contributed by atoms with van der Waals surface area (Å²) in [6, 6.07) is 12.5. The van der Waals surface area contributed by atoms with E-state index in [0.29, 0.717) is 11.5 Å². The van der Waals surface area contributed by atoms with Crippen molar-refractivity contribution < 1.29 is 14.6 Å². The lowest BCUT2D eigenvalue weighted by molar-refractivity contribution is 0.0378. The number of fused-ring (bicyclic) bond motifs is 1. The summed E-state index contributed by atoms with van der Waals surface area (Å²) in [5.74, 6) is 1.73. The van der Waals surface area contributed by atoms with E-state index >= 15 is 0 Å². The Morgan fingerprint density at radius 2 is 1.88 bits per heavy atom. The molecule has 0 atom stereocenters. The van der Waals surface area contributed by atoms with Crippen molar-refractivity contribution in [1.29, 1.82) is 0 Å². The van der Waals surface area contributed by atoms with Crippen LogP contribution in [0.15, 0.2) is 52.9 Å². The number of aryl methyl sites for hydroxylation is 2. The molecule has 2 amide bonds. The highest BCUT2D eigenvalue weighted by Gasteiger charge is 2.13. The van der Waals surface area contributed by atoms with E-state index in [1.54, 1.807) is 23.5 Å². The molecule has 11 heteroatoms. The maximum Gasteiger partial charge on any atom is 0.339 e. The molecule has 10 nitrogen and oxygen atoms in total. The molecule has 1 saturated heterocycles. The molecule has 208 valence electrons. The van der Waals surface area contributed by atoms with Crippen molar-refractivity contribution in [3.8, 4) is 17.1 Å². The first-order valence-electron chi connectivity index (χ1n) is 13.3. The summed E-state index contributed by atoms with van der Waals surface area (Å²) in [6.45, 7) is 9.10. The Hall–Kier alpha value is -4.06. The fourth-order valence-electron chi connectivity index (χ4n) is 4.54. The van der Waals surface area contributed by atoms with Gasteiger partial charge in [-0.2, -0.15) is 5.10 Å². The molecule has 40 heavy (non-hydrogen) atoms. The normalized spacial score (nSPS) is 14.1. The number of benzene rings is 2. The number of phenols is 1. The molecule has 1 aliphatic rings. The SMILES string of the molecule is Cc1cc(/C=N/NC(=O)Nc2ccc(-c3nc(NCCCN4CCOCC4)c4sccc4n3)cc2)cc(C)c1O. The Morgan fingerprint density at radius 3 is 2.62 bits per heavy atom. The number of morpholine rings is 1. The van der Waals surface area contributed by atoms with Crippen LogP contribution in [0, 0.1) is 13.8 Å². The summed E-state index contributed by atoms with van der Waals surface area (Å²) >= 11 is 1.63. The summed E-state index contributed by atoms with van der Waals surface area (Å²) in [4.78, 5) is 24.3. The molecule has 3 heterocycles. The van der Waals surface area contributed by atoms with Gasteiger partial charge in [0.1, 0.15) is 11.6 Å². The van der Waals surface area contributed by atoms with Crippen LogP contribution in [0.1, 0.15) is 23.1 Å². The molecule has 2 aromatic heterocycles. The Bertz CT molecular complexity index is 1470. The predicted molar refractivity (Wildman–Crippen MR) is 161 cm³/mol. The van der Waals surface area contributed by atoms with E-state index in [-0.39, 0.29) is 5.75 Å². The van der Waals surface area contributed by atoms with Crippen molar-refractivity contribution in [1.82, 2.24) is 20.3 Å². The predicted octanol–water partition coefficient (Wildman–Crippen LogP) is 4.97. The second kappa shape index (κ2) is 12.9. The number of ether oxygens (including phenoxy) is 1. The second-order valence-corrected chi connectivity index (χ2v) is 10.6. The van der Waals surface area contributed by atoms with Crippen LogP contribution in [0.3, 0.4) is 0 Å².